The molecule has 0 radical (unpaired) electrons. The number of carbonyl (C=O) groups excluding carboxylic acids is 1. The van der Waals surface area contributed by atoms with Gasteiger partial charge in [-0.3, -0.25) is 4.79 Å². The molecule has 0 heterocycles. The zero-order chi connectivity index (χ0) is 14.9. The van der Waals surface area contributed by atoms with Gasteiger partial charge in [0.25, 0.3) is 5.91 Å². The number of nitrogens with one attached hydrogen (secondary N) is 1. The van der Waals surface area contributed by atoms with E-state index < -0.39 is 23.1 Å². The highest BCUT2D eigenvalue weighted by Crippen LogP contribution is 2.22. The lowest BCUT2D eigenvalue weighted by atomic mass is 10.1. The Morgan fingerprint density at radius 1 is 1.10 bits per heavy atom. The summed E-state index contributed by atoms with van der Waals surface area (Å²) in [7, 11) is 0. The van der Waals surface area contributed by atoms with Gasteiger partial charge in [0, 0.05) is 5.69 Å². The Kier molecular flexibility index (Phi) is 3.70. The number of benzene rings is 2. The Morgan fingerprint density at radius 3 is 2.45 bits per heavy atom. The second kappa shape index (κ2) is 5.28. The number of hydrogen-bond donors (Lipinski definition) is 2. The number of phenols is 1. The summed E-state index contributed by atoms with van der Waals surface area (Å²) in [5.41, 5.74) is 0.479. The van der Waals surface area contributed by atoms with E-state index in [-0.39, 0.29) is 11.3 Å². The van der Waals surface area contributed by atoms with Crippen LogP contribution in [0.3, 0.4) is 0 Å². The fourth-order valence-electron chi connectivity index (χ4n) is 1.79. The number of carbonyl (C=O) groups is 1. The van der Waals surface area contributed by atoms with E-state index in [1.54, 1.807) is 6.92 Å². The third kappa shape index (κ3) is 2.61. The van der Waals surface area contributed by atoms with Crippen molar-refractivity contribution in [3.05, 3.63) is 58.7 Å². The van der Waals surface area contributed by atoms with E-state index in [9.17, 15) is 18.7 Å². The van der Waals surface area contributed by atoms with E-state index in [0.29, 0.717) is 11.3 Å². The second-order valence-corrected chi connectivity index (χ2v) is 4.51. The minimum atomic E-state index is -0.916. The van der Waals surface area contributed by atoms with Crippen molar-refractivity contribution in [1.29, 1.82) is 0 Å². The van der Waals surface area contributed by atoms with Gasteiger partial charge in [-0.25, -0.2) is 8.78 Å². The maximum atomic E-state index is 13.8. The highest BCUT2D eigenvalue weighted by molar-refractivity contribution is 6.04. The van der Waals surface area contributed by atoms with Crippen molar-refractivity contribution < 1.29 is 18.7 Å². The Morgan fingerprint density at radius 2 is 1.80 bits per heavy atom. The van der Waals surface area contributed by atoms with Gasteiger partial charge in [-0.2, -0.15) is 0 Å². The molecular weight excluding hydrogens is 264 g/mol. The predicted molar refractivity (Wildman–Crippen MR) is 71.9 cm³/mol. The molecule has 0 fully saturated rings. The van der Waals surface area contributed by atoms with Crippen LogP contribution >= 0.6 is 0 Å². The Labute approximate surface area is 114 Å². The summed E-state index contributed by atoms with van der Waals surface area (Å²) in [5.74, 6) is -2.58. The monoisotopic (exact) mass is 277 g/mol. The van der Waals surface area contributed by atoms with E-state index in [4.69, 9.17) is 0 Å². The molecule has 0 aliphatic heterocycles. The van der Waals surface area contributed by atoms with Crippen LogP contribution in [0.5, 0.6) is 5.75 Å². The summed E-state index contributed by atoms with van der Waals surface area (Å²) in [5, 5.41) is 11.8. The van der Waals surface area contributed by atoms with Gasteiger partial charge < -0.3 is 10.4 Å². The van der Waals surface area contributed by atoms with Gasteiger partial charge in [0.1, 0.15) is 22.9 Å². The molecule has 2 N–H and O–H groups in total. The number of anilines is 1. The standard InChI is InChI=1S/C15H13F2NO2/c1-8-3-5-11(16)13(14(8)17)15(20)18-10-4-6-12(19)9(2)7-10/h3-7,19H,1-2H3,(H,18,20). The van der Waals surface area contributed by atoms with Crippen LogP contribution in [-0.4, -0.2) is 11.0 Å². The fourth-order valence-corrected chi connectivity index (χ4v) is 1.79. The van der Waals surface area contributed by atoms with Crippen LogP contribution < -0.4 is 5.32 Å². The Hall–Kier alpha value is -2.43. The lowest BCUT2D eigenvalue weighted by Crippen LogP contribution is -2.16. The van der Waals surface area contributed by atoms with Crippen LogP contribution in [0.15, 0.2) is 30.3 Å². The van der Waals surface area contributed by atoms with Crippen LogP contribution in [-0.2, 0) is 0 Å². The van der Waals surface area contributed by atoms with Gasteiger partial charge in [-0.1, -0.05) is 6.07 Å². The molecule has 104 valence electrons. The molecule has 1 amide bonds. The lowest BCUT2D eigenvalue weighted by molar-refractivity contribution is 0.101. The third-order valence-corrected chi connectivity index (χ3v) is 2.97. The summed E-state index contributed by atoms with van der Waals surface area (Å²) in [6, 6.07) is 6.68. The number of phenolic OH excluding ortho intramolecular Hbond substituents is 1. The van der Waals surface area contributed by atoms with Gasteiger partial charge >= 0.3 is 0 Å². The molecular formula is C15H13F2NO2. The summed E-state index contributed by atoms with van der Waals surface area (Å²) in [6.07, 6.45) is 0. The third-order valence-electron chi connectivity index (χ3n) is 2.97. The number of aromatic hydroxyl groups is 1. The molecule has 0 bridgehead atoms. The number of amides is 1. The van der Waals surface area contributed by atoms with Crippen molar-refractivity contribution in [3.8, 4) is 5.75 Å². The van der Waals surface area contributed by atoms with Crippen LogP contribution in [0.2, 0.25) is 0 Å². The average Bonchev–Trinajstić information content (AvgIpc) is 2.39. The van der Waals surface area contributed by atoms with Crippen LogP contribution in [0.25, 0.3) is 0 Å². The SMILES string of the molecule is Cc1cc(NC(=O)c2c(F)ccc(C)c2F)ccc1O. The van der Waals surface area contributed by atoms with E-state index in [1.807, 2.05) is 0 Å². The van der Waals surface area contributed by atoms with Crippen molar-refractivity contribution in [3.63, 3.8) is 0 Å². The first-order valence-electron chi connectivity index (χ1n) is 5.95. The molecule has 0 aliphatic carbocycles. The molecule has 0 atom stereocenters. The number of hydrogen-bond acceptors (Lipinski definition) is 2. The van der Waals surface area contributed by atoms with E-state index >= 15 is 0 Å². The fraction of sp³-hybridized carbons (Fsp3) is 0.133. The minimum Gasteiger partial charge on any atom is -0.508 e. The molecule has 0 aromatic heterocycles. The molecule has 20 heavy (non-hydrogen) atoms. The van der Waals surface area contributed by atoms with Gasteiger partial charge in [0.05, 0.1) is 0 Å². The van der Waals surface area contributed by atoms with Gasteiger partial charge in [-0.05, 0) is 49.2 Å². The summed E-state index contributed by atoms with van der Waals surface area (Å²) < 4.78 is 27.4. The maximum Gasteiger partial charge on any atom is 0.261 e. The van der Waals surface area contributed by atoms with Gasteiger partial charge in [-0.15, -0.1) is 0 Å². The summed E-state index contributed by atoms with van der Waals surface area (Å²) in [4.78, 5) is 12.0. The predicted octanol–water partition coefficient (Wildman–Crippen LogP) is 3.54. The molecule has 0 aliphatic rings. The summed E-state index contributed by atoms with van der Waals surface area (Å²) >= 11 is 0. The van der Waals surface area contributed by atoms with Crippen molar-refractivity contribution in [2.75, 3.05) is 5.32 Å². The van der Waals surface area contributed by atoms with E-state index in [2.05, 4.69) is 5.32 Å². The first kappa shape index (κ1) is 14.0. The Bertz CT molecular complexity index is 684. The van der Waals surface area contributed by atoms with Crippen LogP contribution in [0, 0.1) is 25.5 Å². The largest absolute Gasteiger partial charge is 0.508 e. The van der Waals surface area contributed by atoms with Crippen LogP contribution in [0.4, 0.5) is 14.5 Å². The zero-order valence-electron chi connectivity index (χ0n) is 11.0. The molecule has 0 saturated heterocycles. The number of aryl methyl sites for hydroxylation is 2. The molecule has 2 aromatic carbocycles. The number of halogens is 2. The first-order valence-corrected chi connectivity index (χ1v) is 5.95. The molecule has 0 unspecified atom stereocenters. The highest BCUT2D eigenvalue weighted by atomic mass is 19.1. The summed E-state index contributed by atoms with van der Waals surface area (Å²) in [6.45, 7) is 3.11. The topological polar surface area (TPSA) is 49.3 Å². The number of rotatable bonds is 2. The van der Waals surface area contributed by atoms with Crippen molar-refractivity contribution in [1.82, 2.24) is 0 Å². The average molecular weight is 277 g/mol. The lowest BCUT2D eigenvalue weighted by Gasteiger charge is -2.09. The Balaban J connectivity index is 2.33. The van der Waals surface area contributed by atoms with E-state index in [1.165, 1.54) is 31.2 Å². The maximum absolute atomic E-state index is 13.8. The van der Waals surface area contributed by atoms with Crippen molar-refractivity contribution in [2.45, 2.75) is 13.8 Å². The van der Waals surface area contributed by atoms with Crippen molar-refractivity contribution in [2.24, 2.45) is 0 Å². The molecule has 0 spiro atoms. The smallest absolute Gasteiger partial charge is 0.261 e. The normalized spacial score (nSPS) is 10.4. The van der Waals surface area contributed by atoms with Crippen molar-refractivity contribution >= 4 is 11.6 Å². The second-order valence-electron chi connectivity index (χ2n) is 4.51. The highest BCUT2D eigenvalue weighted by Gasteiger charge is 2.19. The molecule has 5 heteroatoms. The molecule has 2 rings (SSSR count). The van der Waals surface area contributed by atoms with E-state index in [0.717, 1.165) is 6.07 Å². The molecule has 0 saturated carbocycles. The quantitative estimate of drug-likeness (QED) is 0.825. The van der Waals surface area contributed by atoms with Gasteiger partial charge in [0.15, 0.2) is 0 Å². The first-order chi connectivity index (χ1) is 9.40. The van der Waals surface area contributed by atoms with Crippen LogP contribution in [0.1, 0.15) is 21.5 Å². The molecule has 3 nitrogen and oxygen atoms in total. The van der Waals surface area contributed by atoms with Gasteiger partial charge in [0.2, 0.25) is 0 Å². The minimum absolute atomic E-state index is 0.0796. The zero-order valence-corrected chi connectivity index (χ0v) is 11.0. The molecule has 2 aromatic rings.